The monoisotopic (exact) mass is 288 g/mol. The average Bonchev–Trinajstić information content (AvgIpc) is 2.70. The van der Waals surface area contributed by atoms with E-state index in [2.05, 4.69) is 4.74 Å². The molecule has 1 saturated carbocycles. The number of carbonyl (C=O) groups excluding carboxylic acids is 5. The van der Waals surface area contributed by atoms with Crippen molar-refractivity contribution in [1.82, 2.24) is 0 Å². The summed E-state index contributed by atoms with van der Waals surface area (Å²) in [7, 11) is 0. The van der Waals surface area contributed by atoms with Gasteiger partial charge in [0.15, 0.2) is 11.7 Å². The fourth-order valence-corrected chi connectivity index (χ4v) is 2.24. The highest BCUT2D eigenvalue weighted by Crippen LogP contribution is 2.30. The molecule has 1 aromatic rings. The summed E-state index contributed by atoms with van der Waals surface area (Å²) in [5.74, 6) is -8.72. The van der Waals surface area contributed by atoms with Gasteiger partial charge in [-0.3, -0.25) is 19.2 Å². The van der Waals surface area contributed by atoms with Gasteiger partial charge >= 0.3 is 5.97 Å². The molecule has 0 N–H and O–H groups in total. The molecule has 6 heteroatoms. The molecule has 0 bridgehead atoms. The number of Topliss-reactive ketones (excluding diaryl/α,β-unsaturated/α-hetero) is 4. The zero-order valence-corrected chi connectivity index (χ0v) is 11.2. The molecule has 2 rings (SSSR count). The Morgan fingerprint density at radius 1 is 1.05 bits per heavy atom. The van der Waals surface area contributed by atoms with Gasteiger partial charge in [0.25, 0.3) is 5.78 Å². The molecule has 6 nitrogen and oxygen atoms in total. The first-order valence-electron chi connectivity index (χ1n) is 6.36. The second-order valence-corrected chi connectivity index (χ2v) is 4.49. The van der Waals surface area contributed by atoms with E-state index in [1.807, 2.05) is 0 Å². The molecular formula is C15H12O6. The highest BCUT2D eigenvalue weighted by atomic mass is 16.5. The number of ether oxygens (including phenoxy) is 1. The topological polar surface area (TPSA) is 94.6 Å². The van der Waals surface area contributed by atoms with Crippen LogP contribution >= 0.6 is 0 Å². The number of hydrogen-bond donors (Lipinski definition) is 0. The van der Waals surface area contributed by atoms with Crippen molar-refractivity contribution in [2.24, 2.45) is 5.92 Å². The molecule has 1 aliphatic rings. The molecule has 1 fully saturated rings. The van der Waals surface area contributed by atoms with Crippen molar-refractivity contribution in [3.8, 4) is 0 Å². The smallest absolute Gasteiger partial charge is 0.375 e. The maximum atomic E-state index is 12.2. The third kappa shape index (κ3) is 2.52. The minimum absolute atomic E-state index is 0.0598. The van der Waals surface area contributed by atoms with Gasteiger partial charge in [0.05, 0.1) is 6.61 Å². The van der Waals surface area contributed by atoms with Crippen LogP contribution in [0.25, 0.3) is 0 Å². The maximum absolute atomic E-state index is 12.2. The van der Waals surface area contributed by atoms with Crippen molar-refractivity contribution in [3.05, 3.63) is 35.9 Å². The summed E-state index contributed by atoms with van der Waals surface area (Å²) < 4.78 is 4.48. The van der Waals surface area contributed by atoms with Gasteiger partial charge in [0.1, 0.15) is 5.92 Å². The third-order valence-electron chi connectivity index (χ3n) is 3.21. The second kappa shape index (κ2) is 5.78. The van der Waals surface area contributed by atoms with Gasteiger partial charge in [-0.15, -0.1) is 0 Å². The predicted octanol–water partition coefficient (Wildman–Crippen LogP) is 0.239. The lowest BCUT2D eigenvalue weighted by Crippen LogP contribution is -2.33. The zero-order valence-electron chi connectivity index (χ0n) is 11.2. The van der Waals surface area contributed by atoms with Gasteiger partial charge in [-0.1, -0.05) is 30.3 Å². The molecule has 0 spiro atoms. The van der Waals surface area contributed by atoms with E-state index in [1.54, 1.807) is 18.2 Å². The standard InChI is InChI=1S/C15H12O6/c1-2-21-15(20)14(19)10-11(16)9(12(17)13(10)18)8-6-4-3-5-7-8/h3-7,9-10H,2H2,1H3/t9-,10+/m1/s1. The fourth-order valence-electron chi connectivity index (χ4n) is 2.24. The summed E-state index contributed by atoms with van der Waals surface area (Å²) in [6.07, 6.45) is 0. The van der Waals surface area contributed by atoms with E-state index in [1.165, 1.54) is 19.1 Å². The van der Waals surface area contributed by atoms with Gasteiger partial charge in [0.2, 0.25) is 11.6 Å². The summed E-state index contributed by atoms with van der Waals surface area (Å²) in [4.78, 5) is 59.2. The molecule has 0 radical (unpaired) electrons. The SMILES string of the molecule is CCOC(=O)C(=O)[C@@H]1C(=O)C(=O)[C@H](c2ccccc2)C1=O. The first-order valence-corrected chi connectivity index (χ1v) is 6.36. The van der Waals surface area contributed by atoms with E-state index in [0.29, 0.717) is 5.56 Å². The minimum Gasteiger partial charge on any atom is -0.460 e. The highest BCUT2D eigenvalue weighted by Gasteiger charge is 2.54. The zero-order chi connectivity index (χ0) is 15.6. The van der Waals surface area contributed by atoms with Gasteiger partial charge in [-0.2, -0.15) is 0 Å². The molecule has 2 atom stereocenters. The molecule has 108 valence electrons. The molecule has 0 aliphatic heterocycles. The van der Waals surface area contributed by atoms with E-state index in [9.17, 15) is 24.0 Å². The Kier molecular flexibility index (Phi) is 4.07. The van der Waals surface area contributed by atoms with Crippen LogP contribution in [0, 0.1) is 5.92 Å². The van der Waals surface area contributed by atoms with Crippen molar-refractivity contribution in [2.45, 2.75) is 12.8 Å². The fraction of sp³-hybridized carbons (Fsp3) is 0.267. The number of carbonyl (C=O) groups is 5. The van der Waals surface area contributed by atoms with Crippen molar-refractivity contribution in [3.63, 3.8) is 0 Å². The normalized spacial score (nSPS) is 21.5. The Morgan fingerprint density at radius 3 is 2.24 bits per heavy atom. The van der Waals surface area contributed by atoms with Crippen molar-refractivity contribution < 1.29 is 28.7 Å². The summed E-state index contributed by atoms with van der Waals surface area (Å²) >= 11 is 0. The van der Waals surface area contributed by atoms with Crippen molar-refractivity contribution in [1.29, 1.82) is 0 Å². The van der Waals surface area contributed by atoms with Crippen LogP contribution in [0.15, 0.2) is 30.3 Å². The first-order chi connectivity index (χ1) is 9.99. The molecule has 1 aromatic carbocycles. The Labute approximate surface area is 120 Å². The van der Waals surface area contributed by atoms with E-state index >= 15 is 0 Å². The van der Waals surface area contributed by atoms with Gasteiger partial charge in [0, 0.05) is 0 Å². The van der Waals surface area contributed by atoms with Gasteiger partial charge in [-0.05, 0) is 12.5 Å². The van der Waals surface area contributed by atoms with Crippen molar-refractivity contribution in [2.75, 3.05) is 6.61 Å². The van der Waals surface area contributed by atoms with E-state index < -0.39 is 40.9 Å². The van der Waals surface area contributed by atoms with Gasteiger partial charge < -0.3 is 4.74 Å². The van der Waals surface area contributed by atoms with E-state index in [0.717, 1.165) is 0 Å². The summed E-state index contributed by atoms with van der Waals surface area (Å²) in [5.41, 5.74) is 0.333. The Bertz CT molecular complexity index is 631. The number of benzene rings is 1. The van der Waals surface area contributed by atoms with Crippen LogP contribution in [-0.4, -0.2) is 35.7 Å². The number of esters is 1. The van der Waals surface area contributed by atoms with Crippen LogP contribution in [-0.2, 0) is 28.7 Å². The Hall–Kier alpha value is -2.63. The van der Waals surface area contributed by atoms with E-state index in [4.69, 9.17) is 0 Å². The third-order valence-corrected chi connectivity index (χ3v) is 3.21. The largest absolute Gasteiger partial charge is 0.460 e. The van der Waals surface area contributed by atoms with Gasteiger partial charge in [-0.25, -0.2) is 4.79 Å². The quantitative estimate of drug-likeness (QED) is 0.447. The molecule has 21 heavy (non-hydrogen) atoms. The van der Waals surface area contributed by atoms with Crippen LogP contribution in [0.4, 0.5) is 0 Å². The maximum Gasteiger partial charge on any atom is 0.375 e. The van der Waals surface area contributed by atoms with Crippen molar-refractivity contribution >= 4 is 29.1 Å². The molecule has 0 saturated heterocycles. The minimum atomic E-state index is -1.87. The lowest BCUT2D eigenvalue weighted by molar-refractivity contribution is -0.157. The molecule has 0 heterocycles. The van der Waals surface area contributed by atoms with Crippen LogP contribution in [0.1, 0.15) is 18.4 Å². The predicted molar refractivity (Wildman–Crippen MR) is 69.3 cm³/mol. The Balaban J connectivity index is 2.33. The van der Waals surface area contributed by atoms with E-state index in [-0.39, 0.29) is 6.61 Å². The molecule has 1 aliphatic carbocycles. The van der Waals surface area contributed by atoms with Crippen LogP contribution < -0.4 is 0 Å². The highest BCUT2D eigenvalue weighted by molar-refractivity contribution is 6.61. The first kappa shape index (κ1) is 14.8. The summed E-state index contributed by atoms with van der Waals surface area (Å²) in [6.45, 7) is 1.43. The number of ketones is 4. The Morgan fingerprint density at radius 2 is 1.67 bits per heavy atom. The molecule has 0 amide bonds. The molecular weight excluding hydrogens is 276 g/mol. The second-order valence-electron chi connectivity index (χ2n) is 4.49. The lowest BCUT2D eigenvalue weighted by Gasteiger charge is -2.07. The summed E-state index contributed by atoms with van der Waals surface area (Å²) in [6, 6.07) is 7.95. The molecule has 0 aromatic heterocycles. The summed E-state index contributed by atoms with van der Waals surface area (Å²) in [5, 5.41) is 0. The van der Waals surface area contributed by atoms with Crippen LogP contribution in [0.2, 0.25) is 0 Å². The lowest BCUT2D eigenvalue weighted by atomic mass is 9.93. The number of hydrogen-bond acceptors (Lipinski definition) is 6. The average molecular weight is 288 g/mol. The van der Waals surface area contributed by atoms with Crippen LogP contribution in [0.3, 0.4) is 0 Å². The van der Waals surface area contributed by atoms with Crippen LogP contribution in [0.5, 0.6) is 0 Å². The molecule has 0 unspecified atom stereocenters. The number of rotatable bonds is 4.